The number of nitrogens with one attached hydrogen (secondary N) is 2. The Kier molecular flexibility index (Phi) is 8.34. The van der Waals surface area contributed by atoms with Crippen molar-refractivity contribution in [2.24, 2.45) is 0 Å². The van der Waals surface area contributed by atoms with E-state index >= 15 is 0 Å². The molecule has 0 spiro atoms. The van der Waals surface area contributed by atoms with E-state index in [1.54, 1.807) is 0 Å². The lowest BCUT2D eigenvalue weighted by atomic mass is 9.79. The van der Waals surface area contributed by atoms with Crippen LogP contribution in [0.4, 0.5) is 0 Å². The zero-order valence-electron chi connectivity index (χ0n) is 33.4. The molecule has 2 heteroatoms. The van der Waals surface area contributed by atoms with E-state index in [4.69, 9.17) is 0 Å². The lowest BCUT2D eigenvalue weighted by Gasteiger charge is -2.25. The van der Waals surface area contributed by atoms with Gasteiger partial charge in [0.1, 0.15) is 0 Å². The van der Waals surface area contributed by atoms with Crippen LogP contribution in [0, 0.1) is 0 Å². The van der Waals surface area contributed by atoms with E-state index in [9.17, 15) is 0 Å². The predicted molar refractivity (Wildman–Crippen MR) is 250 cm³/mol. The van der Waals surface area contributed by atoms with E-state index < -0.39 is 0 Å². The quantitative estimate of drug-likeness (QED) is 0.165. The van der Waals surface area contributed by atoms with Gasteiger partial charge in [0.15, 0.2) is 0 Å². The summed E-state index contributed by atoms with van der Waals surface area (Å²) in [6.45, 7) is 6.46. The maximum atomic E-state index is 3.68. The number of fused-ring (bicyclic) bond motifs is 5. The van der Waals surface area contributed by atoms with Crippen LogP contribution in [0.1, 0.15) is 30.5 Å². The lowest BCUT2D eigenvalue weighted by Crippen LogP contribution is -2.27. The zero-order chi connectivity index (χ0) is 39.5. The molecule has 2 heterocycles. The minimum Gasteiger partial charge on any atom is -0.380 e. The molecule has 3 aliphatic rings. The number of allylic oxidation sites excluding steroid dienone is 4. The summed E-state index contributed by atoms with van der Waals surface area (Å²) in [6.07, 6.45) is 10.9. The first-order valence-electron chi connectivity index (χ1n) is 20.8. The third kappa shape index (κ3) is 5.94. The molecular formula is C57H44N2. The fourth-order valence-electron chi connectivity index (χ4n) is 9.67. The monoisotopic (exact) mass is 756 g/mol. The van der Waals surface area contributed by atoms with Gasteiger partial charge in [-0.25, -0.2) is 0 Å². The van der Waals surface area contributed by atoms with Crippen LogP contribution in [0.25, 0.3) is 82.8 Å². The minimum absolute atomic E-state index is 0.195. The normalized spacial score (nSPS) is 15.1. The Hall–Kier alpha value is -7.16. The average Bonchev–Trinajstić information content (AvgIpc) is 3.52. The highest BCUT2D eigenvalue weighted by Gasteiger charge is 2.37. The summed E-state index contributed by atoms with van der Waals surface area (Å²) in [5.74, 6) is 0. The molecule has 0 amide bonds. The summed E-state index contributed by atoms with van der Waals surface area (Å²) in [6, 6.07) is 61.0. The Bertz CT molecular complexity index is 3070. The highest BCUT2D eigenvalue weighted by atomic mass is 15.0. The minimum atomic E-state index is -0.195. The third-order valence-corrected chi connectivity index (χ3v) is 12.8. The Morgan fingerprint density at radius 3 is 1.47 bits per heavy atom. The van der Waals surface area contributed by atoms with Crippen LogP contribution in [0.5, 0.6) is 0 Å². The van der Waals surface area contributed by atoms with Gasteiger partial charge in [-0.05, 0) is 130 Å². The number of dihydropyridines is 2. The summed E-state index contributed by atoms with van der Waals surface area (Å²) in [5.41, 5.74) is 20.0. The highest BCUT2D eigenvalue weighted by molar-refractivity contribution is 6.22. The number of hydrogen-bond donors (Lipinski definition) is 2. The first-order chi connectivity index (χ1) is 29.0. The Morgan fingerprint density at radius 1 is 0.407 bits per heavy atom. The Balaban J connectivity index is 1.10. The molecule has 0 radical (unpaired) electrons. The summed E-state index contributed by atoms with van der Waals surface area (Å²) in [4.78, 5) is 0. The maximum absolute atomic E-state index is 3.68. The predicted octanol–water partition coefficient (Wildman–Crippen LogP) is 13.9. The van der Waals surface area contributed by atoms with Gasteiger partial charge in [-0.15, -0.1) is 0 Å². The van der Waals surface area contributed by atoms with E-state index in [1.165, 1.54) is 99.4 Å². The van der Waals surface area contributed by atoms with Crippen molar-refractivity contribution in [2.75, 3.05) is 13.1 Å². The van der Waals surface area contributed by atoms with Crippen LogP contribution in [0.15, 0.2) is 206 Å². The van der Waals surface area contributed by atoms with Crippen molar-refractivity contribution in [1.29, 1.82) is 0 Å². The van der Waals surface area contributed by atoms with Crippen molar-refractivity contribution in [3.05, 3.63) is 222 Å². The number of rotatable bonds is 6. The molecule has 2 N–H and O–H groups in total. The fourth-order valence-corrected chi connectivity index (χ4v) is 9.67. The molecule has 282 valence electrons. The van der Waals surface area contributed by atoms with Crippen molar-refractivity contribution in [2.45, 2.75) is 19.3 Å². The molecule has 8 aromatic rings. The summed E-state index contributed by atoms with van der Waals surface area (Å²) in [7, 11) is 0. The maximum Gasteiger partial charge on any atom is 0.0578 e. The zero-order valence-corrected chi connectivity index (χ0v) is 33.4. The molecule has 0 aromatic heterocycles. The number of hydrogen-bond acceptors (Lipinski definition) is 2. The van der Waals surface area contributed by atoms with Crippen LogP contribution in [0.3, 0.4) is 0 Å². The van der Waals surface area contributed by atoms with E-state index in [2.05, 4.69) is 219 Å². The average molecular weight is 757 g/mol. The molecule has 8 aromatic carbocycles. The van der Waals surface area contributed by atoms with Crippen molar-refractivity contribution >= 4 is 27.1 Å². The van der Waals surface area contributed by atoms with Crippen LogP contribution in [-0.4, -0.2) is 13.1 Å². The molecule has 0 saturated heterocycles. The van der Waals surface area contributed by atoms with Gasteiger partial charge in [0.05, 0.1) is 11.4 Å². The van der Waals surface area contributed by atoms with Gasteiger partial charge in [-0.1, -0.05) is 178 Å². The SMILES string of the molecule is CC1(C)c2cc(C3=CC=C(C4=CC=CCN4)NC3)ccc2-c2cc3c(-c4ccc(-c5ccccc5)cc4)c4ccccc4c(-c4ccc(-c5ccccc5)cc4)c3cc21. The molecule has 0 bridgehead atoms. The summed E-state index contributed by atoms with van der Waals surface area (Å²) < 4.78 is 0. The largest absolute Gasteiger partial charge is 0.380 e. The second-order valence-electron chi connectivity index (χ2n) is 16.5. The van der Waals surface area contributed by atoms with Crippen molar-refractivity contribution in [3.8, 4) is 55.6 Å². The highest BCUT2D eigenvalue weighted by Crippen LogP contribution is 2.54. The van der Waals surface area contributed by atoms with Crippen LogP contribution in [-0.2, 0) is 5.41 Å². The smallest absolute Gasteiger partial charge is 0.0578 e. The van der Waals surface area contributed by atoms with E-state index in [0.717, 1.165) is 24.5 Å². The van der Waals surface area contributed by atoms with Crippen molar-refractivity contribution in [1.82, 2.24) is 10.6 Å². The van der Waals surface area contributed by atoms with Crippen LogP contribution in [0.2, 0.25) is 0 Å². The summed E-state index contributed by atoms with van der Waals surface area (Å²) >= 11 is 0. The van der Waals surface area contributed by atoms with E-state index in [0.29, 0.717) is 0 Å². The Labute approximate surface area is 346 Å². The molecule has 0 fully saturated rings. The van der Waals surface area contributed by atoms with Crippen molar-refractivity contribution in [3.63, 3.8) is 0 Å². The van der Waals surface area contributed by atoms with Gasteiger partial charge >= 0.3 is 0 Å². The van der Waals surface area contributed by atoms with Crippen LogP contribution >= 0.6 is 0 Å². The summed E-state index contributed by atoms with van der Waals surface area (Å²) in [5, 5.41) is 12.3. The number of benzene rings is 8. The molecule has 0 unspecified atom stereocenters. The molecule has 2 nitrogen and oxygen atoms in total. The van der Waals surface area contributed by atoms with Gasteiger partial charge in [-0.3, -0.25) is 0 Å². The second-order valence-corrected chi connectivity index (χ2v) is 16.5. The van der Waals surface area contributed by atoms with Gasteiger partial charge in [-0.2, -0.15) is 0 Å². The molecule has 0 saturated carbocycles. The molecule has 11 rings (SSSR count). The second kappa shape index (κ2) is 14.0. The van der Waals surface area contributed by atoms with E-state index in [1.807, 2.05) is 0 Å². The van der Waals surface area contributed by atoms with Gasteiger partial charge < -0.3 is 10.6 Å². The molecule has 1 aliphatic carbocycles. The fraction of sp³-hybridized carbons (Fsp3) is 0.0877. The van der Waals surface area contributed by atoms with Crippen molar-refractivity contribution < 1.29 is 0 Å². The van der Waals surface area contributed by atoms with Gasteiger partial charge in [0.25, 0.3) is 0 Å². The first-order valence-corrected chi connectivity index (χ1v) is 20.8. The molecule has 0 atom stereocenters. The third-order valence-electron chi connectivity index (χ3n) is 12.8. The standard InChI is InChI=1S/C57H44N2/c1-57(2)51-33-43(44-29-31-54(59-36-44)53-19-11-12-32-58-53)28-30-45(51)48-34-49-50(35-52(48)57)56(42-26-22-40(23-27-42)38-15-7-4-8-16-38)47-18-10-9-17-46(47)55(49)41-24-20-39(21-25-41)37-13-5-3-6-14-37/h3-31,33-35,58-59H,32,36H2,1-2H3. The van der Waals surface area contributed by atoms with E-state index in [-0.39, 0.29) is 5.41 Å². The topological polar surface area (TPSA) is 24.1 Å². The Morgan fingerprint density at radius 2 is 0.915 bits per heavy atom. The molecular weight excluding hydrogens is 713 g/mol. The van der Waals surface area contributed by atoms with Crippen LogP contribution < -0.4 is 10.6 Å². The van der Waals surface area contributed by atoms with Gasteiger partial charge in [0, 0.05) is 18.5 Å². The first kappa shape index (κ1) is 35.0. The van der Waals surface area contributed by atoms with Gasteiger partial charge in [0.2, 0.25) is 0 Å². The molecule has 59 heavy (non-hydrogen) atoms. The lowest BCUT2D eigenvalue weighted by molar-refractivity contribution is 0.661. The molecule has 2 aliphatic heterocycles.